The van der Waals surface area contributed by atoms with E-state index in [1.807, 2.05) is 49.4 Å². The Kier molecular flexibility index (Phi) is 3.39. The van der Waals surface area contributed by atoms with Crippen LogP contribution in [0.1, 0.15) is 24.2 Å². The van der Waals surface area contributed by atoms with Gasteiger partial charge in [-0.2, -0.15) is 0 Å². The first-order valence-corrected chi connectivity index (χ1v) is 6.59. The molecule has 4 nitrogen and oxygen atoms in total. The van der Waals surface area contributed by atoms with Gasteiger partial charge in [-0.25, -0.2) is 0 Å². The number of nitrogens with zero attached hydrogens (tertiary/aromatic N) is 1. The van der Waals surface area contributed by atoms with Crippen molar-refractivity contribution in [2.24, 2.45) is 0 Å². The van der Waals surface area contributed by atoms with E-state index >= 15 is 0 Å². The first kappa shape index (κ1) is 12.7. The van der Waals surface area contributed by atoms with Gasteiger partial charge < -0.3 is 14.9 Å². The van der Waals surface area contributed by atoms with Crippen molar-refractivity contribution in [3.8, 4) is 5.75 Å². The maximum absolute atomic E-state index is 10.4. The lowest BCUT2D eigenvalue weighted by atomic mass is 10.0. The molecule has 1 atom stereocenters. The molecular formula is C16H16N2O2. The lowest BCUT2D eigenvalue weighted by Gasteiger charge is -2.16. The summed E-state index contributed by atoms with van der Waals surface area (Å²) in [6.45, 7) is 2.62. The van der Waals surface area contributed by atoms with Gasteiger partial charge in [-0.15, -0.1) is 0 Å². The Morgan fingerprint density at radius 3 is 2.85 bits per heavy atom. The van der Waals surface area contributed by atoms with Gasteiger partial charge in [0.05, 0.1) is 5.69 Å². The van der Waals surface area contributed by atoms with Gasteiger partial charge in [0.25, 0.3) is 0 Å². The molecule has 1 aromatic heterocycles. The van der Waals surface area contributed by atoms with Crippen LogP contribution in [0.25, 0.3) is 10.8 Å². The van der Waals surface area contributed by atoms with Gasteiger partial charge >= 0.3 is 0 Å². The van der Waals surface area contributed by atoms with Gasteiger partial charge in [-0.1, -0.05) is 41.6 Å². The zero-order valence-electron chi connectivity index (χ0n) is 11.2. The van der Waals surface area contributed by atoms with E-state index in [0.29, 0.717) is 12.3 Å². The summed E-state index contributed by atoms with van der Waals surface area (Å²) >= 11 is 0. The van der Waals surface area contributed by atoms with E-state index in [-0.39, 0.29) is 6.04 Å². The molecule has 3 aromatic rings. The Balaban J connectivity index is 1.84. The molecule has 0 saturated carbocycles. The van der Waals surface area contributed by atoms with Crippen molar-refractivity contribution in [3.05, 3.63) is 60.0 Å². The first-order chi connectivity index (χ1) is 9.75. The van der Waals surface area contributed by atoms with Gasteiger partial charge in [-0.3, -0.25) is 0 Å². The Labute approximate surface area is 117 Å². The average molecular weight is 268 g/mol. The quantitative estimate of drug-likeness (QED) is 0.761. The van der Waals surface area contributed by atoms with Crippen molar-refractivity contribution in [1.29, 1.82) is 0 Å². The van der Waals surface area contributed by atoms with Crippen LogP contribution in [0.15, 0.2) is 53.3 Å². The largest absolute Gasteiger partial charge is 0.507 e. The molecule has 0 fully saturated rings. The van der Waals surface area contributed by atoms with E-state index in [4.69, 9.17) is 4.52 Å². The van der Waals surface area contributed by atoms with Crippen LogP contribution in [0, 0.1) is 0 Å². The van der Waals surface area contributed by atoms with E-state index in [9.17, 15) is 5.11 Å². The number of aromatic hydroxyl groups is 1. The van der Waals surface area contributed by atoms with Crippen LogP contribution in [0.5, 0.6) is 5.75 Å². The smallest absolute Gasteiger partial charge is 0.128 e. The minimum atomic E-state index is 0.0244. The third-order valence-electron chi connectivity index (χ3n) is 3.48. The van der Waals surface area contributed by atoms with Crippen molar-refractivity contribution in [1.82, 2.24) is 10.5 Å². The molecule has 102 valence electrons. The number of fused-ring (bicyclic) bond motifs is 1. The monoisotopic (exact) mass is 268 g/mol. The molecule has 0 radical (unpaired) electrons. The maximum Gasteiger partial charge on any atom is 0.128 e. The molecule has 2 aromatic carbocycles. The summed E-state index contributed by atoms with van der Waals surface area (Å²) in [4.78, 5) is 0. The molecule has 20 heavy (non-hydrogen) atoms. The third-order valence-corrected chi connectivity index (χ3v) is 3.48. The van der Waals surface area contributed by atoms with Crippen LogP contribution in [0.2, 0.25) is 0 Å². The number of hydrogen-bond acceptors (Lipinski definition) is 4. The lowest BCUT2D eigenvalue weighted by molar-refractivity contribution is 0.404. The van der Waals surface area contributed by atoms with Crippen molar-refractivity contribution in [2.45, 2.75) is 19.5 Å². The van der Waals surface area contributed by atoms with Crippen molar-refractivity contribution in [3.63, 3.8) is 0 Å². The molecule has 0 saturated heterocycles. The van der Waals surface area contributed by atoms with Crippen LogP contribution >= 0.6 is 0 Å². The number of nitrogens with one attached hydrogen (secondary N) is 1. The van der Waals surface area contributed by atoms with Gasteiger partial charge in [0, 0.05) is 29.6 Å². The van der Waals surface area contributed by atoms with E-state index in [0.717, 1.165) is 22.0 Å². The number of phenols is 1. The predicted octanol–water partition coefficient (Wildman–Crippen LogP) is 3.38. The fourth-order valence-corrected chi connectivity index (χ4v) is 2.32. The fraction of sp³-hybridized carbons (Fsp3) is 0.188. The molecule has 0 spiro atoms. The molecule has 4 heteroatoms. The predicted molar refractivity (Wildman–Crippen MR) is 77.4 cm³/mol. The van der Waals surface area contributed by atoms with Crippen molar-refractivity contribution in [2.75, 3.05) is 0 Å². The molecule has 0 aliphatic heterocycles. The summed E-state index contributed by atoms with van der Waals surface area (Å²) in [5.41, 5.74) is 1.73. The Morgan fingerprint density at radius 1 is 1.20 bits per heavy atom. The molecule has 2 N–H and O–H groups in total. The third kappa shape index (κ3) is 2.38. The highest BCUT2D eigenvalue weighted by atomic mass is 16.5. The van der Waals surface area contributed by atoms with Crippen LogP contribution in [-0.2, 0) is 6.54 Å². The first-order valence-electron chi connectivity index (χ1n) is 6.59. The molecular weight excluding hydrogens is 252 g/mol. The second-order valence-corrected chi connectivity index (χ2v) is 4.82. The molecule has 1 unspecified atom stereocenters. The number of rotatable bonds is 4. The van der Waals surface area contributed by atoms with Gasteiger partial charge in [0.15, 0.2) is 0 Å². The second kappa shape index (κ2) is 5.35. The number of phenolic OH excluding ortho intramolecular Hbond substituents is 1. The minimum absolute atomic E-state index is 0.0244. The Bertz CT molecular complexity index is 708. The Morgan fingerprint density at radius 2 is 2.05 bits per heavy atom. The van der Waals surface area contributed by atoms with E-state index in [2.05, 4.69) is 10.5 Å². The number of benzene rings is 2. The molecule has 0 amide bonds. The van der Waals surface area contributed by atoms with Gasteiger partial charge in [0.2, 0.25) is 0 Å². The molecule has 0 aliphatic rings. The van der Waals surface area contributed by atoms with Crippen LogP contribution in [0.3, 0.4) is 0 Å². The van der Waals surface area contributed by atoms with Crippen LogP contribution in [-0.4, -0.2) is 10.3 Å². The number of hydrogen-bond donors (Lipinski definition) is 2. The number of aromatic nitrogens is 1. The minimum Gasteiger partial charge on any atom is -0.507 e. The van der Waals surface area contributed by atoms with Gasteiger partial charge in [0.1, 0.15) is 12.0 Å². The maximum atomic E-state index is 10.4. The van der Waals surface area contributed by atoms with E-state index in [1.165, 1.54) is 0 Å². The van der Waals surface area contributed by atoms with E-state index in [1.54, 1.807) is 6.26 Å². The molecule has 0 bridgehead atoms. The topological polar surface area (TPSA) is 58.3 Å². The summed E-state index contributed by atoms with van der Waals surface area (Å²) < 4.78 is 4.79. The highest BCUT2D eigenvalue weighted by Gasteiger charge is 2.12. The standard InChI is InChI=1S/C16H16N2O2/c1-11(17-10-13-8-9-20-18-13)14-7-6-12-4-2-3-5-15(12)16(14)19/h2-9,11,17,19H,10H2,1H3. The fourth-order valence-electron chi connectivity index (χ4n) is 2.32. The Hall–Kier alpha value is -2.33. The second-order valence-electron chi connectivity index (χ2n) is 4.82. The van der Waals surface area contributed by atoms with Crippen LogP contribution in [0.4, 0.5) is 0 Å². The summed E-state index contributed by atoms with van der Waals surface area (Å²) in [6.07, 6.45) is 1.55. The zero-order valence-corrected chi connectivity index (χ0v) is 11.2. The van der Waals surface area contributed by atoms with Crippen LogP contribution < -0.4 is 5.32 Å². The van der Waals surface area contributed by atoms with Crippen molar-refractivity contribution >= 4 is 10.8 Å². The summed E-state index contributed by atoms with van der Waals surface area (Å²) in [7, 11) is 0. The normalized spacial score (nSPS) is 12.7. The molecule has 0 aliphatic carbocycles. The molecule has 1 heterocycles. The van der Waals surface area contributed by atoms with Crippen molar-refractivity contribution < 1.29 is 9.63 Å². The highest BCUT2D eigenvalue weighted by molar-refractivity contribution is 5.89. The summed E-state index contributed by atoms with van der Waals surface area (Å²) in [6, 6.07) is 13.6. The summed E-state index contributed by atoms with van der Waals surface area (Å²) in [5.74, 6) is 0.336. The average Bonchev–Trinajstić information content (AvgIpc) is 2.99. The molecule has 3 rings (SSSR count). The highest BCUT2D eigenvalue weighted by Crippen LogP contribution is 2.32. The zero-order chi connectivity index (χ0) is 13.9. The lowest BCUT2D eigenvalue weighted by Crippen LogP contribution is -2.18. The van der Waals surface area contributed by atoms with E-state index < -0.39 is 0 Å². The summed E-state index contributed by atoms with van der Waals surface area (Å²) in [5, 5.41) is 19.5. The SMILES string of the molecule is CC(NCc1ccon1)c1ccc2ccccc2c1O. The van der Waals surface area contributed by atoms with Gasteiger partial charge in [-0.05, 0) is 12.3 Å².